The zero-order valence-electron chi connectivity index (χ0n) is 11.4. The fourth-order valence-electron chi connectivity index (χ4n) is 1.87. The van der Waals surface area contributed by atoms with Gasteiger partial charge < -0.3 is 14.9 Å². The number of aryl methyl sites for hydroxylation is 1. The van der Waals surface area contributed by atoms with Gasteiger partial charge in [-0.3, -0.25) is 0 Å². The summed E-state index contributed by atoms with van der Waals surface area (Å²) >= 11 is 3.14. The minimum atomic E-state index is -0.397. The molecule has 2 atom stereocenters. The van der Waals surface area contributed by atoms with E-state index in [1.165, 1.54) is 6.07 Å². The lowest BCUT2D eigenvalue weighted by Gasteiger charge is -2.22. The summed E-state index contributed by atoms with van der Waals surface area (Å²) in [5.74, 6) is 1.69. The summed E-state index contributed by atoms with van der Waals surface area (Å²) < 4.78 is 25.1. The summed E-state index contributed by atoms with van der Waals surface area (Å²) in [6, 6.07) is 8.03. The Hall–Kier alpha value is -1.33. The zero-order valence-corrected chi connectivity index (χ0v) is 13.0. The molecule has 0 aliphatic rings. The van der Waals surface area contributed by atoms with E-state index in [1.54, 1.807) is 12.1 Å². The van der Waals surface area contributed by atoms with Crippen molar-refractivity contribution in [3.8, 4) is 5.75 Å². The van der Waals surface area contributed by atoms with E-state index in [1.807, 2.05) is 26.0 Å². The summed E-state index contributed by atoms with van der Waals surface area (Å²) in [4.78, 5) is 0. The van der Waals surface area contributed by atoms with Gasteiger partial charge in [0.2, 0.25) is 0 Å². The zero-order chi connectivity index (χ0) is 14.7. The monoisotopic (exact) mass is 341 g/mol. The lowest BCUT2D eigenvalue weighted by atomic mass is 10.1. The predicted octanol–water partition coefficient (Wildman–Crippen LogP) is 4.35. The van der Waals surface area contributed by atoms with Gasteiger partial charge >= 0.3 is 0 Å². The van der Waals surface area contributed by atoms with E-state index < -0.39 is 6.10 Å². The van der Waals surface area contributed by atoms with Crippen LogP contribution in [0.3, 0.4) is 0 Å². The molecule has 0 fully saturated rings. The topological polar surface area (TPSA) is 48.4 Å². The second-order valence-electron chi connectivity index (χ2n) is 4.63. The third-order valence-corrected chi connectivity index (χ3v) is 3.66. The van der Waals surface area contributed by atoms with Crippen LogP contribution < -0.4 is 10.5 Å². The summed E-state index contributed by atoms with van der Waals surface area (Å²) in [5.41, 5.74) is 6.10. The molecule has 1 aromatic carbocycles. The number of nitrogens with two attached hydrogens (primary N) is 1. The molecule has 1 aromatic heterocycles. The van der Waals surface area contributed by atoms with E-state index in [9.17, 15) is 4.39 Å². The molecule has 0 aliphatic heterocycles. The van der Waals surface area contributed by atoms with Gasteiger partial charge in [0.15, 0.2) is 6.10 Å². The van der Waals surface area contributed by atoms with Crippen molar-refractivity contribution in [1.29, 1.82) is 0 Å². The van der Waals surface area contributed by atoms with Crippen LogP contribution in [-0.4, -0.2) is 6.04 Å². The summed E-state index contributed by atoms with van der Waals surface area (Å²) in [5, 5.41) is 0. The Kier molecular flexibility index (Phi) is 4.83. The first-order valence-corrected chi connectivity index (χ1v) is 7.24. The lowest BCUT2D eigenvalue weighted by molar-refractivity contribution is 0.143. The Bertz CT molecular complexity index is 585. The van der Waals surface area contributed by atoms with Crippen LogP contribution in [0.1, 0.15) is 31.0 Å². The number of rotatable bonds is 5. The predicted molar refractivity (Wildman–Crippen MR) is 79.2 cm³/mol. The normalized spacial score (nSPS) is 14.1. The van der Waals surface area contributed by atoms with Crippen molar-refractivity contribution in [2.24, 2.45) is 5.73 Å². The minimum Gasteiger partial charge on any atom is -0.481 e. The highest BCUT2D eigenvalue weighted by molar-refractivity contribution is 9.10. The number of furan rings is 1. The van der Waals surface area contributed by atoms with Gasteiger partial charge in [-0.1, -0.05) is 6.92 Å². The van der Waals surface area contributed by atoms with Crippen LogP contribution >= 0.6 is 15.9 Å². The van der Waals surface area contributed by atoms with Gasteiger partial charge in [0.05, 0.1) is 4.47 Å². The van der Waals surface area contributed by atoms with Crippen LogP contribution in [0.25, 0.3) is 0 Å². The van der Waals surface area contributed by atoms with Crippen LogP contribution in [-0.2, 0) is 0 Å². The highest BCUT2D eigenvalue weighted by atomic mass is 79.9. The molecule has 0 radical (unpaired) electrons. The number of halogens is 2. The van der Waals surface area contributed by atoms with Gasteiger partial charge in [0, 0.05) is 6.04 Å². The minimum absolute atomic E-state index is 0.204. The molecule has 0 saturated carbocycles. The fourth-order valence-corrected chi connectivity index (χ4v) is 2.23. The van der Waals surface area contributed by atoms with Gasteiger partial charge in [-0.15, -0.1) is 0 Å². The molecule has 108 valence electrons. The maximum atomic E-state index is 13.2. The molecule has 0 amide bonds. The molecule has 0 aliphatic carbocycles. The molecule has 2 aromatic rings. The first-order chi connectivity index (χ1) is 9.51. The van der Waals surface area contributed by atoms with E-state index in [0.29, 0.717) is 16.0 Å². The second kappa shape index (κ2) is 6.41. The molecule has 2 N–H and O–H groups in total. The van der Waals surface area contributed by atoms with Crippen molar-refractivity contribution in [3.63, 3.8) is 0 Å². The van der Waals surface area contributed by atoms with Crippen LogP contribution in [0.2, 0.25) is 0 Å². The molecular weight excluding hydrogens is 325 g/mol. The van der Waals surface area contributed by atoms with Gasteiger partial charge in [-0.05, 0) is 59.6 Å². The highest BCUT2D eigenvalue weighted by Crippen LogP contribution is 2.29. The van der Waals surface area contributed by atoms with Crippen molar-refractivity contribution in [2.75, 3.05) is 0 Å². The SMILES string of the molecule is CCC(N)C(Oc1ccc(F)c(Br)c1)c1ccc(C)o1. The fraction of sp³-hybridized carbons (Fsp3) is 0.333. The number of benzene rings is 1. The smallest absolute Gasteiger partial charge is 0.171 e. The van der Waals surface area contributed by atoms with Crippen LogP contribution in [0.15, 0.2) is 39.2 Å². The number of hydrogen-bond acceptors (Lipinski definition) is 3. The molecule has 2 rings (SSSR count). The first-order valence-electron chi connectivity index (χ1n) is 6.45. The third-order valence-electron chi connectivity index (χ3n) is 3.06. The van der Waals surface area contributed by atoms with Crippen molar-refractivity contribution < 1.29 is 13.5 Å². The Morgan fingerprint density at radius 3 is 2.65 bits per heavy atom. The van der Waals surface area contributed by atoms with Crippen LogP contribution in [0.4, 0.5) is 4.39 Å². The molecule has 3 nitrogen and oxygen atoms in total. The Balaban J connectivity index is 2.25. The standard InChI is InChI=1S/C15H17BrFNO2/c1-3-13(18)15(14-7-4-9(2)19-14)20-10-5-6-12(17)11(16)8-10/h4-8,13,15H,3,18H2,1-2H3. The molecule has 1 heterocycles. The highest BCUT2D eigenvalue weighted by Gasteiger charge is 2.24. The Morgan fingerprint density at radius 1 is 1.35 bits per heavy atom. The average molecular weight is 342 g/mol. The molecule has 20 heavy (non-hydrogen) atoms. The van der Waals surface area contributed by atoms with Gasteiger partial charge in [-0.25, -0.2) is 4.39 Å². The summed E-state index contributed by atoms with van der Waals surface area (Å²) in [7, 11) is 0. The summed E-state index contributed by atoms with van der Waals surface area (Å²) in [6.45, 7) is 3.85. The first kappa shape index (κ1) is 15.1. The molecule has 0 bridgehead atoms. The maximum absolute atomic E-state index is 13.2. The molecule has 2 unspecified atom stereocenters. The van der Waals surface area contributed by atoms with E-state index in [0.717, 1.165) is 12.2 Å². The molecule has 0 spiro atoms. The largest absolute Gasteiger partial charge is 0.481 e. The number of ether oxygens (including phenoxy) is 1. The third kappa shape index (κ3) is 3.41. The van der Waals surface area contributed by atoms with Gasteiger partial charge in [0.25, 0.3) is 0 Å². The number of hydrogen-bond donors (Lipinski definition) is 1. The van der Waals surface area contributed by atoms with Crippen LogP contribution in [0.5, 0.6) is 5.75 Å². The quantitative estimate of drug-likeness (QED) is 0.879. The van der Waals surface area contributed by atoms with Gasteiger partial charge in [0.1, 0.15) is 23.1 Å². The molecular formula is C15H17BrFNO2. The van der Waals surface area contributed by atoms with Crippen molar-refractivity contribution in [3.05, 3.63) is 52.1 Å². The Labute approximate surface area is 126 Å². The van der Waals surface area contributed by atoms with Crippen molar-refractivity contribution in [2.45, 2.75) is 32.4 Å². The van der Waals surface area contributed by atoms with E-state index in [2.05, 4.69) is 15.9 Å². The maximum Gasteiger partial charge on any atom is 0.171 e. The molecule has 0 saturated heterocycles. The van der Waals surface area contributed by atoms with E-state index >= 15 is 0 Å². The van der Waals surface area contributed by atoms with E-state index in [-0.39, 0.29) is 11.9 Å². The average Bonchev–Trinajstić information content (AvgIpc) is 2.85. The lowest BCUT2D eigenvalue weighted by Crippen LogP contribution is -2.31. The van der Waals surface area contributed by atoms with Crippen molar-refractivity contribution in [1.82, 2.24) is 0 Å². The molecule has 5 heteroatoms. The van der Waals surface area contributed by atoms with Crippen molar-refractivity contribution >= 4 is 15.9 Å². The Morgan fingerprint density at radius 2 is 2.10 bits per heavy atom. The second-order valence-corrected chi connectivity index (χ2v) is 5.49. The summed E-state index contributed by atoms with van der Waals surface area (Å²) in [6.07, 6.45) is 0.346. The van der Waals surface area contributed by atoms with E-state index in [4.69, 9.17) is 14.9 Å². The van der Waals surface area contributed by atoms with Crippen LogP contribution in [0, 0.1) is 12.7 Å². The van der Waals surface area contributed by atoms with Gasteiger partial charge in [-0.2, -0.15) is 0 Å².